The first-order chi connectivity index (χ1) is 12.7. The first kappa shape index (κ1) is 20.0. The maximum atomic E-state index is 13.0. The number of benzene rings is 1. The second-order valence-electron chi connectivity index (χ2n) is 6.38. The van der Waals surface area contributed by atoms with E-state index in [1.165, 1.54) is 21.9 Å². The van der Waals surface area contributed by atoms with Crippen LogP contribution in [0.4, 0.5) is 4.39 Å². The Kier molecular flexibility index (Phi) is 5.68. The summed E-state index contributed by atoms with van der Waals surface area (Å²) in [5, 5.41) is 0. The van der Waals surface area contributed by atoms with E-state index in [2.05, 4.69) is 0 Å². The van der Waals surface area contributed by atoms with E-state index in [1.807, 2.05) is 0 Å². The quantitative estimate of drug-likeness (QED) is 0.537. The van der Waals surface area contributed by atoms with Gasteiger partial charge in [-0.3, -0.25) is 14.5 Å². The topological polar surface area (TPSA) is 74.8 Å². The third-order valence-electron chi connectivity index (χ3n) is 4.48. The van der Waals surface area contributed by atoms with Crippen LogP contribution in [-0.4, -0.2) is 65.5 Å². The van der Waals surface area contributed by atoms with E-state index in [4.69, 9.17) is 12.2 Å². The molecule has 1 atom stereocenters. The third kappa shape index (κ3) is 4.56. The lowest BCUT2D eigenvalue weighted by Gasteiger charge is -2.25. The monoisotopic (exact) mass is 428 g/mol. The SMILES string of the molecule is CN(C(=O)CN1C(=O)/C(=C/c2ccc(F)cc2)SC1=S)[C@H]1CCS(=O)(=O)C1. The molecule has 2 aliphatic heterocycles. The number of rotatable bonds is 4. The van der Waals surface area contributed by atoms with Gasteiger partial charge >= 0.3 is 0 Å². The van der Waals surface area contributed by atoms with Crippen molar-refractivity contribution in [1.82, 2.24) is 9.80 Å². The summed E-state index contributed by atoms with van der Waals surface area (Å²) < 4.78 is 36.4. The molecule has 1 aromatic carbocycles. The van der Waals surface area contributed by atoms with E-state index in [0.29, 0.717) is 16.9 Å². The fraction of sp³-hybridized carbons (Fsp3) is 0.353. The van der Waals surface area contributed by atoms with Crippen molar-refractivity contribution in [3.05, 3.63) is 40.6 Å². The molecule has 0 saturated carbocycles. The zero-order chi connectivity index (χ0) is 19.8. The zero-order valence-corrected chi connectivity index (χ0v) is 16.9. The fourth-order valence-electron chi connectivity index (χ4n) is 2.88. The van der Waals surface area contributed by atoms with Crippen molar-refractivity contribution >= 4 is 56.0 Å². The van der Waals surface area contributed by atoms with Crippen LogP contribution >= 0.6 is 24.0 Å². The summed E-state index contributed by atoms with van der Waals surface area (Å²) in [6.07, 6.45) is 1.99. The number of carbonyl (C=O) groups excluding carboxylic acids is 2. The number of hydrogen-bond donors (Lipinski definition) is 0. The molecule has 2 fully saturated rings. The Morgan fingerprint density at radius 2 is 2.07 bits per heavy atom. The Bertz CT molecular complexity index is 928. The number of nitrogens with zero attached hydrogens (tertiary/aromatic N) is 2. The maximum absolute atomic E-state index is 13.0. The van der Waals surface area contributed by atoms with Gasteiger partial charge in [0.25, 0.3) is 5.91 Å². The van der Waals surface area contributed by atoms with Crippen LogP contribution in [-0.2, 0) is 19.4 Å². The van der Waals surface area contributed by atoms with Gasteiger partial charge in [-0.05, 0) is 30.2 Å². The van der Waals surface area contributed by atoms with E-state index in [-0.39, 0.29) is 40.1 Å². The molecule has 2 saturated heterocycles. The molecule has 0 unspecified atom stereocenters. The summed E-state index contributed by atoms with van der Waals surface area (Å²) in [6, 6.07) is 5.29. The summed E-state index contributed by atoms with van der Waals surface area (Å²) >= 11 is 6.28. The van der Waals surface area contributed by atoms with Crippen LogP contribution in [0.3, 0.4) is 0 Å². The van der Waals surface area contributed by atoms with Crippen LogP contribution in [0.5, 0.6) is 0 Å². The largest absolute Gasteiger partial charge is 0.340 e. The highest BCUT2D eigenvalue weighted by Gasteiger charge is 2.37. The normalized spacial score (nSPS) is 23.3. The number of thioether (sulfide) groups is 1. The Morgan fingerprint density at radius 1 is 1.41 bits per heavy atom. The van der Waals surface area contributed by atoms with Gasteiger partial charge in [0.2, 0.25) is 5.91 Å². The summed E-state index contributed by atoms with van der Waals surface area (Å²) in [6.45, 7) is -0.238. The van der Waals surface area contributed by atoms with Gasteiger partial charge in [-0.1, -0.05) is 36.1 Å². The van der Waals surface area contributed by atoms with Gasteiger partial charge in [0.1, 0.15) is 16.7 Å². The molecule has 2 aliphatic rings. The van der Waals surface area contributed by atoms with E-state index >= 15 is 0 Å². The van der Waals surface area contributed by atoms with Gasteiger partial charge in [-0.25, -0.2) is 12.8 Å². The van der Waals surface area contributed by atoms with Crippen molar-refractivity contribution in [3.8, 4) is 0 Å². The summed E-state index contributed by atoms with van der Waals surface area (Å²) in [4.78, 5) is 28.0. The number of halogens is 1. The smallest absolute Gasteiger partial charge is 0.266 e. The molecule has 2 amide bonds. The van der Waals surface area contributed by atoms with Crippen LogP contribution in [0, 0.1) is 5.82 Å². The molecule has 0 radical (unpaired) electrons. The second-order valence-corrected chi connectivity index (χ2v) is 10.3. The molecule has 3 rings (SSSR count). The molecule has 144 valence electrons. The van der Waals surface area contributed by atoms with Crippen molar-refractivity contribution in [2.75, 3.05) is 25.1 Å². The van der Waals surface area contributed by atoms with E-state index in [9.17, 15) is 22.4 Å². The molecule has 6 nitrogen and oxygen atoms in total. The lowest BCUT2D eigenvalue weighted by molar-refractivity contribution is -0.135. The van der Waals surface area contributed by atoms with Gasteiger partial charge in [0, 0.05) is 13.1 Å². The molecule has 1 aromatic rings. The minimum absolute atomic E-state index is 0.0574. The van der Waals surface area contributed by atoms with Crippen molar-refractivity contribution in [2.45, 2.75) is 12.5 Å². The fourth-order valence-corrected chi connectivity index (χ4v) is 5.91. The maximum Gasteiger partial charge on any atom is 0.266 e. The Balaban J connectivity index is 1.68. The van der Waals surface area contributed by atoms with Gasteiger partial charge in [0.05, 0.1) is 16.4 Å². The van der Waals surface area contributed by atoms with E-state index in [1.54, 1.807) is 25.3 Å². The molecule has 27 heavy (non-hydrogen) atoms. The van der Waals surface area contributed by atoms with Gasteiger partial charge in [-0.15, -0.1) is 0 Å². The molecule has 0 spiro atoms. The predicted molar refractivity (Wildman–Crippen MR) is 106 cm³/mol. The minimum Gasteiger partial charge on any atom is -0.340 e. The van der Waals surface area contributed by atoms with Gasteiger partial charge in [0.15, 0.2) is 9.84 Å². The summed E-state index contributed by atoms with van der Waals surface area (Å²) in [7, 11) is -1.57. The van der Waals surface area contributed by atoms with Crippen LogP contribution < -0.4 is 0 Å². The standard InChI is InChI=1S/C17H17FN2O4S3/c1-19(13-6-7-27(23,24)10-13)15(21)9-20-16(22)14(26-17(20)25)8-11-2-4-12(18)5-3-11/h2-5,8,13H,6-7,9-10H2,1H3/b14-8-/t13-/m0/s1. The van der Waals surface area contributed by atoms with Crippen LogP contribution in [0.25, 0.3) is 6.08 Å². The van der Waals surface area contributed by atoms with Crippen LogP contribution in [0.1, 0.15) is 12.0 Å². The van der Waals surface area contributed by atoms with Crippen LogP contribution in [0.15, 0.2) is 29.2 Å². The lowest BCUT2D eigenvalue weighted by Crippen LogP contribution is -2.45. The molecule has 0 bridgehead atoms. The minimum atomic E-state index is -3.11. The van der Waals surface area contributed by atoms with Crippen molar-refractivity contribution in [2.24, 2.45) is 0 Å². The lowest BCUT2D eigenvalue weighted by atomic mass is 10.2. The Labute approximate surface area is 166 Å². The number of hydrogen-bond acceptors (Lipinski definition) is 6. The van der Waals surface area contributed by atoms with E-state index in [0.717, 1.165) is 11.8 Å². The summed E-state index contributed by atoms with van der Waals surface area (Å²) in [5.41, 5.74) is 0.650. The Morgan fingerprint density at radius 3 is 2.67 bits per heavy atom. The molecule has 0 aromatic heterocycles. The van der Waals surface area contributed by atoms with Crippen molar-refractivity contribution in [1.29, 1.82) is 0 Å². The zero-order valence-electron chi connectivity index (χ0n) is 14.4. The molecular weight excluding hydrogens is 411 g/mol. The second kappa shape index (κ2) is 7.69. The molecule has 0 N–H and O–H groups in total. The van der Waals surface area contributed by atoms with Gasteiger partial charge in [-0.2, -0.15) is 0 Å². The Hall–Kier alpha value is -1.78. The highest BCUT2D eigenvalue weighted by molar-refractivity contribution is 8.26. The van der Waals surface area contributed by atoms with Crippen LogP contribution in [0.2, 0.25) is 0 Å². The number of likely N-dealkylation sites (N-methyl/N-ethyl adjacent to an activating group) is 1. The van der Waals surface area contributed by atoms with Gasteiger partial charge < -0.3 is 4.90 Å². The average molecular weight is 429 g/mol. The summed E-state index contributed by atoms with van der Waals surface area (Å²) in [5.74, 6) is -1.12. The third-order valence-corrected chi connectivity index (χ3v) is 7.61. The van der Waals surface area contributed by atoms with E-state index < -0.39 is 15.7 Å². The number of amides is 2. The number of sulfone groups is 1. The first-order valence-corrected chi connectivity index (χ1v) is 11.2. The highest BCUT2D eigenvalue weighted by atomic mass is 32.2. The molecule has 10 heteroatoms. The first-order valence-electron chi connectivity index (χ1n) is 8.13. The number of carbonyl (C=O) groups is 2. The number of thiocarbonyl (C=S) groups is 1. The van der Waals surface area contributed by atoms with Crippen molar-refractivity contribution < 1.29 is 22.4 Å². The molecular formula is C17H17FN2O4S3. The highest BCUT2D eigenvalue weighted by Crippen LogP contribution is 2.32. The average Bonchev–Trinajstić information content (AvgIpc) is 3.10. The predicted octanol–water partition coefficient (Wildman–Crippen LogP) is 1.67. The molecule has 2 heterocycles. The van der Waals surface area contributed by atoms with Crippen molar-refractivity contribution in [3.63, 3.8) is 0 Å². The molecule has 0 aliphatic carbocycles.